The van der Waals surface area contributed by atoms with Gasteiger partial charge in [-0.2, -0.15) is 4.98 Å². The molecule has 11 heteroatoms. The lowest BCUT2D eigenvalue weighted by molar-refractivity contribution is -0.0432. The first kappa shape index (κ1) is 14.5. The van der Waals surface area contributed by atoms with Crippen molar-refractivity contribution in [2.24, 2.45) is 0 Å². The van der Waals surface area contributed by atoms with Gasteiger partial charge in [0.2, 0.25) is 5.95 Å². The molecule has 0 saturated carbocycles. The van der Waals surface area contributed by atoms with Gasteiger partial charge in [-0.25, -0.2) is 9.55 Å². The van der Waals surface area contributed by atoms with Gasteiger partial charge < -0.3 is 30.5 Å². The Balaban J connectivity index is 1.81. The number of fused-ring (bicyclic) bond motifs is 2. The summed E-state index contributed by atoms with van der Waals surface area (Å²) in [4.78, 5) is 20.6. The zero-order valence-corrected chi connectivity index (χ0v) is 11.8. The normalized spacial score (nSPS) is 33.1. The minimum absolute atomic E-state index is 0.00855. The summed E-state index contributed by atoms with van der Waals surface area (Å²) >= 11 is 0. The number of nitrogens with one attached hydrogen (secondary N) is 1. The molecule has 0 amide bonds. The number of rotatable bonds is 2. The van der Waals surface area contributed by atoms with E-state index in [1.807, 2.05) is 0 Å². The van der Waals surface area contributed by atoms with Crippen LogP contribution in [0.5, 0.6) is 0 Å². The van der Waals surface area contributed by atoms with Crippen molar-refractivity contribution < 1.29 is 25.2 Å². The molecule has 11 nitrogen and oxygen atoms in total. The fourth-order valence-corrected chi connectivity index (χ4v) is 2.94. The van der Waals surface area contributed by atoms with E-state index >= 15 is 0 Å². The Morgan fingerprint density at radius 3 is 2.87 bits per heavy atom. The van der Waals surface area contributed by atoms with E-state index in [-0.39, 0.29) is 30.1 Å². The van der Waals surface area contributed by atoms with Gasteiger partial charge >= 0.3 is 0 Å². The molecular formula is C12H15N5O6. The first-order valence-electron chi connectivity index (χ1n) is 7.07. The number of hydrogen-bond donors (Lipinski definition) is 5. The van der Waals surface area contributed by atoms with Gasteiger partial charge in [0.15, 0.2) is 23.6 Å². The average molecular weight is 325 g/mol. The zero-order valence-electron chi connectivity index (χ0n) is 11.8. The summed E-state index contributed by atoms with van der Waals surface area (Å²) in [5, 5.41) is 40.9. The maximum absolute atomic E-state index is 12.4. The van der Waals surface area contributed by atoms with E-state index in [0.29, 0.717) is 0 Å². The lowest BCUT2D eigenvalue weighted by Crippen LogP contribution is -2.27. The smallest absolute Gasteiger partial charge is 0.285 e. The molecule has 2 aliphatic heterocycles. The van der Waals surface area contributed by atoms with Crippen LogP contribution in [-0.4, -0.2) is 64.6 Å². The van der Waals surface area contributed by atoms with Crippen LogP contribution in [0.3, 0.4) is 0 Å². The lowest BCUT2D eigenvalue weighted by Gasteiger charge is -2.14. The monoisotopic (exact) mass is 325 g/mol. The maximum Gasteiger partial charge on any atom is 0.285 e. The second-order valence-electron chi connectivity index (χ2n) is 5.55. The summed E-state index contributed by atoms with van der Waals surface area (Å²) in [6, 6.07) is 0. The molecule has 2 aromatic rings. The summed E-state index contributed by atoms with van der Waals surface area (Å²) in [7, 11) is 0. The molecule has 0 aliphatic carbocycles. The number of hydrogen-bond acceptors (Lipinski definition) is 9. The van der Waals surface area contributed by atoms with Gasteiger partial charge in [-0.1, -0.05) is 0 Å². The highest BCUT2D eigenvalue weighted by molar-refractivity contribution is 5.71. The maximum atomic E-state index is 12.4. The molecule has 5 N–H and O–H groups in total. The molecule has 0 radical (unpaired) electrons. The van der Waals surface area contributed by atoms with Crippen LogP contribution in [0.25, 0.3) is 11.2 Å². The number of ether oxygens (including phenoxy) is 1. The van der Waals surface area contributed by atoms with Crippen molar-refractivity contribution in [3.8, 4) is 0 Å². The van der Waals surface area contributed by atoms with E-state index in [1.165, 1.54) is 10.9 Å². The number of imidazole rings is 1. The Kier molecular flexibility index (Phi) is 3.14. The van der Waals surface area contributed by atoms with E-state index < -0.39 is 36.5 Å². The molecule has 0 aromatic carbocycles. The van der Waals surface area contributed by atoms with E-state index in [2.05, 4.69) is 15.3 Å². The number of nitrogens with zero attached hydrogens (tertiary/aromatic N) is 4. The quantitative estimate of drug-likeness (QED) is 0.402. The third-order valence-electron chi connectivity index (χ3n) is 4.15. The van der Waals surface area contributed by atoms with Gasteiger partial charge in [-0.3, -0.25) is 9.36 Å². The van der Waals surface area contributed by atoms with Crippen LogP contribution in [-0.2, 0) is 4.74 Å². The summed E-state index contributed by atoms with van der Waals surface area (Å²) in [5.74, 6) is 0.0153. The van der Waals surface area contributed by atoms with Crippen molar-refractivity contribution in [1.82, 2.24) is 19.1 Å². The summed E-state index contributed by atoms with van der Waals surface area (Å²) in [6.07, 6.45) is -3.38. The number of aliphatic hydroxyl groups is 4. The van der Waals surface area contributed by atoms with Crippen LogP contribution in [0.4, 0.5) is 5.95 Å². The molecule has 1 fully saturated rings. The Morgan fingerprint density at radius 2 is 2.17 bits per heavy atom. The first-order valence-corrected chi connectivity index (χ1v) is 7.07. The topological polar surface area (TPSA) is 155 Å². The largest absolute Gasteiger partial charge is 0.394 e. The minimum atomic E-state index is -1.44. The molecule has 4 heterocycles. The lowest BCUT2D eigenvalue weighted by atomic mass is 10.2. The molecule has 2 aromatic heterocycles. The van der Waals surface area contributed by atoms with Crippen molar-refractivity contribution in [2.75, 3.05) is 11.9 Å². The first-order chi connectivity index (χ1) is 11.0. The van der Waals surface area contributed by atoms with E-state index in [4.69, 9.17) is 9.84 Å². The fraction of sp³-hybridized carbons (Fsp3) is 0.583. The minimum Gasteiger partial charge on any atom is -0.394 e. The highest BCUT2D eigenvalue weighted by Gasteiger charge is 2.37. The molecule has 2 aliphatic rings. The van der Waals surface area contributed by atoms with Gasteiger partial charge in [0, 0.05) is 6.42 Å². The van der Waals surface area contributed by atoms with E-state index in [1.54, 1.807) is 0 Å². The predicted octanol–water partition coefficient (Wildman–Crippen LogP) is -2.53. The second kappa shape index (κ2) is 4.97. The van der Waals surface area contributed by atoms with Gasteiger partial charge in [0.05, 0.1) is 19.0 Å². The highest BCUT2D eigenvalue weighted by atomic mass is 16.5. The van der Waals surface area contributed by atoms with Crippen LogP contribution in [0.15, 0.2) is 11.1 Å². The van der Waals surface area contributed by atoms with Gasteiger partial charge in [-0.15, -0.1) is 0 Å². The number of anilines is 1. The standard InChI is InChI=1S/C12H15N5O6/c18-2-5-4(19)1-6(23-5)16-3-13-7-8(16)14-12-15-9(20)11(22)17(12)10(7)21/h3-6,9,11,18-20,22H,1-2H2,(H,14,15)/t4?,5-,6-,9?,11?/m1/s1. The fourth-order valence-electron chi connectivity index (χ4n) is 2.94. The van der Waals surface area contributed by atoms with Crippen LogP contribution >= 0.6 is 0 Å². The summed E-state index contributed by atoms with van der Waals surface area (Å²) in [6.45, 7) is -0.324. The third kappa shape index (κ3) is 1.98. The Morgan fingerprint density at radius 1 is 1.39 bits per heavy atom. The number of aromatic nitrogens is 4. The molecule has 4 rings (SSSR count). The predicted molar refractivity (Wildman–Crippen MR) is 74.3 cm³/mol. The Hall–Kier alpha value is -2.05. The molecule has 5 atom stereocenters. The van der Waals surface area contributed by atoms with Gasteiger partial charge in [0.25, 0.3) is 5.56 Å². The summed E-state index contributed by atoms with van der Waals surface area (Å²) < 4.78 is 7.93. The third-order valence-corrected chi connectivity index (χ3v) is 4.15. The molecular weight excluding hydrogens is 310 g/mol. The van der Waals surface area contributed by atoms with Crippen molar-refractivity contribution in [3.05, 3.63) is 16.7 Å². The summed E-state index contributed by atoms with van der Waals surface area (Å²) in [5.41, 5.74) is -0.391. The van der Waals surface area contributed by atoms with Crippen LogP contribution < -0.4 is 10.9 Å². The van der Waals surface area contributed by atoms with Crippen LogP contribution in [0, 0.1) is 0 Å². The average Bonchev–Trinajstić information content (AvgIpc) is 3.17. The zero-order chi connectivity index (χ0) is 16.3. The molecule has 23 heavy (non-hydrogen) atoms. The second-order valence-corrected chi connectivity index (χ2v) is 5.55. The Bertz CT molecular complexity index is 818. The van der Waals surface area contributed by atoms with Gasteiger partial charge in [-0.05, 0) is 0 Å². The highest BCUT2D eigenvalue weighted by Crippen LogP contribution is 2.31. The number of aliphatic hydroxyl groups excluding tert-OH is 4. The van der Waals surface area contributed by atoms with Crippen molar-refractivity contribution in [2.45, 2.75) is 37.3 Å². The van der Waals surface area contributed by atoms with Gasteiger partial charge in [0.1, 0.15) is 12.3 Å². The molecule has 124 valence electrons. The van der Waals surface area contributed by atoms with E-state index in [9.17, 15) is 20.1 Å². The van der Waals surface area contributed by atoms with Crippen LogP contribution in [0.2, 0.25) is 0 Å². The van der Waals surface area contributed by atoms with Crippen molar-refractivity contribution >= 4 is 17.1 Å². The Labute approximate surface area is 128 Å². The molecule has 3 unspecified atom stereocenters. The van der Waals surface area contributed by atoms with E-state index in [0.717, 1.165) is 4.57 Å². The SMILES string of the molecule is O=c1c2ncn([C@H]3CC(O)[C@@H](CO)O3)c2nc2n1C(O)C(O)N2. The van der Waals surface area contributed by atoms with Crippen molar-refractivity contribution in [3.63, 3.8) is 0 Å². The van der Waals surface area contributed by atoms with Crippen molar-refractivity contribution in [1.29, 1.82) is 0 Å². The van der Waals surface area contributed by atoms with Crippen LogP contribution in [0.1, 0.15) is 18.9 Å². The molecule has 0 bridgehead atoms. The molecule has 1 saturated heterocycles. The molecule has 0 spiro atoms.